The number of nitrogens with zero attached hydrogens (tertiary/aromatic N) is 4. The lowest BCUT2D eigenvalue weighted by Gasteiger charge is -2.25. The van der Waals surface area contributed by atoms with Gasteiger partial charge in [-0.2, -0.15) is 0 Å². The van der Waals surface area contributed by atoms with Crippen LogP contribution in [0.15, 0.2) is 55.0 Å². The molecule has 40 heavy (non-hydrogen) atoms. The van der Waals surface area contributed by atoms with Crippen LogP contribution in [0.1, 0.15) is 43.9 Å². The van der Waals surface area contributed by atoms with Crippen molar-refractivity contribution in [2.75, 3.05) is 43.4 Å². The second-order valence-corrected chi connectivity index (χ2v) is 10.1. The number of rotatable bonds is 15. The van der Waals surface area contributed by atoms with Gasteiger partial charge in [-0.25, -0.2) is 19.7 Å². The minimum absolute atomic E-state index is 0.0747. The molecule has 1 unspecified atom stereocenters. The fourth-order valence-electron chi connectivity index (χ4n) is 4.88. The van der Waals surface area contributed by atoms with Gasteiger partial charge in [-0.15, -0.1) is 0 Å². The second-order valence-electron chi connectivity index (χ2n) is 10.1. The van der Waals surface area contributed by atoms with Gasteiger partial charge in [0.25, 0.3) is 0 Å². The Morgan fingerprint density at radius 3 is 2.75 bits per heavy atom. The maximum Gasteiger partial charge on any atom is 0.326 e. The molecular formula is C30H39N7O3. The smallest absolute Gasteiger partial charge is 0.326 e. The van der Waals surface area contributed by atoms with Gasteiger partial charge in [-0.3, -0.25) is 4.79 Å². The molecule has 3 aromatic rings. The number of carboxylic acids is 1. The highest BCUT2D eigenvalue weighted by Crippen LogP contribution is 2.26. The molecular weight excluding hydrogens is 506 g/mol. The van der Waals surface area contributed by atoms with Crippen molar-refractivity contribution in [3.05, 3.63) is 66.2 Å². The molecule has 1 atom stereocenters. The predicted molar refractivity (Wildman–Crippen MR) is 156 cm³/mol. The number of fused-ring (bicyclic) bond motifs is 1. The first-order chi connectivity index (χ1) is 19.5. The van der Waals surface area contributed by atoms with Crippen LogP contribution in [-0.2, 0) is 22.4 Å². The molecule has 4 N–H and O–H groups in total. The van der Waals surface area contributed by atoms with Crippen molar-refractivity contribution in [2.24, 2.45) is 0 Å². The Kier molecular flexibility index (Phi) is 10.8. The number of benzene rings is 1. The van der Waals surface area contributed by atoms with Crippen molar-refractivity contribution in [2.45, 2.75) is 51.5 Å². The highest BCUT2D eigenvalue weighted by molar-refractivity contribution is 5.81. The molecule has 0 bridgehead atoms. The quantitative estimate of drug-likeness (QED) is 0.211. The molecule has 1 aromatic carbocycles. The molecule has 0 spiro atoms. The number of hydrogen-bond acceptors (Lipinski definition) is 8. The number of aryl methyl sites for hydroxylation is 2. The van der Waals surface area contributed by atoms with Crippen LogP contribution >= 0.6 is 0 Å². The standard InChI is InChI=1S/C30H39N7O3/c1-22(38)32-16-19-37(17-6-5-11-25-13-12-24-10-7-15-33-28(24)35-25)18-14-27(30(39)40)36-29-26(20-31-21-34-29)23-8-3-2-4-9-23/h2-4,8-9,12-13,20-21,27H,5-7,10-11,14-19H2,1H3,(H,32,38)(H,33,35)(H,39,40)(H,31,34,36). The van der Waals surface area contributed by atoms with Gasteiger partial charge in [0.05, 0.1) is 0 Å². The Morgan fingerprint density at radius 2 is 1.95 bits per heavy atom. The number of unbranched alkanes of at least 4 members (excludes halogenated alkanes) is 1. The third kappa shape index (κ3) is 8.74. The molecule has 1 amide bonds. The maximum absolute atomic E-state index is 12.2. The zero-order chi connectivity index (χ0) is 28.2. The number of hydrogen-bond donors (Lipinski definition) is 4. The van der Waals surface area contributed by atoms with Crippen LogP contribution in [-0.4, -0.2) is 75.6 Å². The number of amides is 1. The number of carbonyl (C=O) groups excluding carboxylic acids is 1. The molecule has 212 valence electrons. The first-order valence-corrected chi connectivity index (χ1v) is 14.0. The van der Waals surface area contributed by atoms with E-state index in [1.807, 2.05) is 30.3 Å². The predicted octanol–water partition coefficient (Wildman–Crippen LogP) is 3.61. The van der Waals surface area contributed by atoms with E-state index in [1.54, 1.807) is 6.20 Å². The molecule has 1 aliphatic rings. The summed E-state index contributed by atoms with van der Waals surface area (Å²) in [6.07, 6.45) is 8.53. The number of pyridine rings is 1. The van der Waals surface area contributed by atoms with Crippen molar-refractivity contribution < 1.29 is 14.7 Å². The first-order valence-electron chi connectivity index (χ1n) is 14.0. The van der Waals surface area contributed by atoms with E-state index in [2.05, 4.69) is 43.0 Å². The highest BCUT2D eigenvalue weighted by atomic mass is 16.4. The fourth-order valence-corrected chi connectivity index (χ4v) is 4.88. The fraction of sp³-hybridized carbons (Fsp3) is 0.433. The lowest BCUT2D eigenvalue weighted by Crippen LogP contribution is -2.39. The van der Waals surface area contributed by atoms with Crippen molar-refractivity contribution in [1.29, 1.82) is 0 Å². The Hall–Kier alpha value is -4.05. The largest absolute Gasteiger partial charge is 0.480 e. The summed E-state index contributed by atoms with van der Waals surface area (Å²) in [7, 11) is 0. The molecule has 0 saturated carbocycles. The van der Waals surface area contributed by atoms with Crippen LogP contribution in [0.4, 0.5) is 11.6 Å². The first kappa shape index (κ1) is 28.9. The normalized spacial score (nSPS) is 13.2. The molecule has 10 heteroatoms. The molecule has 0 saturated heterocycles. The molecule has 3 heterocycles. The number of nitrogens with one attached hydrogen (secondary N) is 3. The third-order valence-corrected chi connectivity index (χ3v) is 7.05. The molecule has 4 rings (SSSR count). The van der Waals surface area contributed by atoms with Crippen LogP contribution < -0.4 is 16.0 Å². The summed E-state index contributed by atoms with van der Waals surface area (Å²) in [6.45, 7) is 5.01. The minimum Gasteiger partial charge on any atom is -0.480 e. The van der Waals surface area contributed by atoms with E-state index in [1.165, 1.54) is 18.8 Å². The van der Waals surface area contributed by atoms with Crippen molar-refractivity contribution in [3.63, 3.8) is 0 Å². The topological polar surface area (TPSA) is 132 Å². The van der Waals surface area contributed by atoms with E-state index in [0.717, 1.165) is 67.8 Å². The maximum atomic E-state index is 12.2. The van der Waals surface area contributed by atoms with Crippen molar-refractivity contribution in [3.8, 4) is 11.1 Å². The zero-order valence-corrected chi connectivity index (χ0v) is 23.1. The van der Waals surface area contributed by atoms with Gasteiger partial charge in [0, 0.05) is 50.6 Å². The van der Waals surface area contributed by atoms with Crippen LogP contribution in [0.3, 0.4) is 0 Å². The Balaban J connectivity index is 1.33. The van der Waals surface area contributed by atoms with Gasteiger partial charge < -0.3 is 26.0 Å². The van der Waals surface area contributed by atoms with Crippen LogP contribution in [0.25, 0.3) is 11.1 Å². The molecule has 10 nitrogen and oxygen atoms in total. The van der Waals surface area contributed by atoms with Crippen molar-refractivity contribution in [1.82, 2.24) is 25.2 Å². The van der Waals surface area contributed by atoms with Gasteiger partial charge in [0.15, 0.2) is 0 Å². The molecule has 1 aliphatic heterocycles. The SMILES string of the molecule is CC(=O)NCCN(CCCCc1ccc2c(n1)NCCC2)CCC(Nc1ncncc1-c1ccccc1)C(=O)O. The summed E-state index contributed by atoms with van der Waals surface area (Å²) in [6, 6.07) is 13.1. The average Bonchev–Trinajstić information content (AvgIpc) is 2.97. The number of carboxylic acid groups (broad SMARTS) is 1. The van der Waals surface area contributed by atoms with E-state index in [9.17, 15) is 14.7 Å². The van der Waals surface area contributed by atoms with E-state index in [-0.39, 0.29) is 5.91 Å². The lowest BCUT2D eigenvalue weighted by atomic mass is 10.1. The number of aliphatic carboxylic acids is 1. The minimum atomic E-state index is -0.938. The Labute approximate surface area is 235 Å². The van der Waals surface area contributed by atoms with E-state index >= 15 is 0 Å². The third-order valence-electron chi connectivity index (χ3n) is 7.05. The van der Waals surface area contributed by atoms with Gasteiger partial charge in [-0.1, -0.05) is 36.4 Å². The summed E-state index contributed by atoms with van der Waals surface area (Å²) in [4.78, 5) is 39.1. The van der Waals surface area contributed by atoms with E-state index in [4.69, 9.17) is 4.98 Å². The van der Waals surface area contributed by atoms with Gasteiger partial charge in [0.1, 0.15) is 24.0 Å². The number of carbonyl (C=O) groups is 2. The zero-order valence-electron chi connectivity index (χ0n) is 23.1. The number of anilines is 2. The highest BCUT2D eigenvalue weighted by Gasteiger charge is 2.21. The Bertz CT molecular complexity index is 1260. The number of aromatic nitrogens is 3. The summed E-state index contributed by atoms with van der Waals surface area (Å²) < 4.78 is 0. The molecule has 0 radical (unpaired) electrons. The summed E-state index contributed by atoms with van der Waals surface area (Å²) >= 11 is 0. The van der Waals surface area contributed by atoms with Crippen LogP contribution in [0.2, 0.25) is 0 Å². The molecule has 0 fully saturated rings. The Morgan fingerprint density at radius 1 is 1.10 bits per heavy atom. The van der Waals surface area contributed by atoms with Crippen LogP contribution in [0.5, 0.6) is 0 Å². The average molecular weight is 546 g/mol. The summed E-state index contributed by atoms with van der Waals surface area (Å²) in [5, 5.41) is 19.4. The summed E-state index contributed by atoms with van der Waals surface area (Å²) in [5.41, 5.74) is 4.05. The molecule has 0 aliphatic carbocycles. The van der Waals surface area contributed by atoms with E-state index < -0.39 is 12.0 Å². The molecule has 2 aromatic heterocycles. The second kappa shape index (κ2) is 14.9. The van der Waals surface area contributed by atoms with E-state index in [0.29, 0.717) is 31.9 Å². The summed E-state index contributed by atoms with van der Waals surface area (Å²) in [5.74, 6) is 0.498. The van der Waals surface area contributed by atoms with Crippen molar-refractivity contribution >= 4 is 23.5 Å². The van der Waals surface area contributed by atoms with Crippen LogP contribution in [0, 0.1) is 0 Å². The monoisotopic (exact) mass is 545 g/mol. The van der Waals surface area contributed by atoms with Gasteiger partial charge >= 0.3 is 5.97 Å². The van der Waals surface area contributed by atoms with Gasteiger partial charge in [-0.05, 0) is 62.3 Å². The lowest BCUT2D eigenvalue weighted by molar-refractivity contribution is -0.138. The van der Waals surface area contributed by atoms with Gasteiger partial charge in [0.2, 0.25) is 5.91 Å².